The van der Waals surface area contributed by atoms with Crippen LogP contribution in [0.5, 0.6) is 0 Å². The fourth-order valence-electron chi connectivity index (χ4n) is 0.935. The molecule has 0 aromatic heterocycles. The molecule has 0 aromatic carbocycles. The highest BCUT2D eigenvalue weighted by Gasteiger charge is 2.67. The summed E-state index contributed by atoms with van der Waals surface area (Å²) in [6.07, 6.45) is 0. The standard InChI is InChI=1S/C8H12F5NO5S/c1-14(2-3-19-4-6(15)16)20(17,18)8(12,13)7(10,11)5-9/h2-5H2,1H3,(H,15,16). The van der Waals surface area contributed by atoms with Gasteiger partial charge in [0, 0.05) is 13.6 Å². The van der Waals surface area contributed by atoms with Gasteiger partial charge in [0.15, 0.2) is 6.67 Å². The van der Waals surface area contributed by atoms with Gasteiger partial charge in [-0.05, 0) is 0 Å². The Morgan fingerprint density at radius 2 is 1.80 bits per heavy atom. The van der Waals surface area contributed by atoms with Crippen LogP contribution in [0.15, 0.2) is 0 Å². The summed E-state index contributed by atoms with van der Waals surface area (Å²) in [5.41, 5.74) is 0. The third-order valence-electron chi connectivity index (χ3n) is 2.10. The van der Waals surface area contributed by atoms with E-state index in [1.807, 2.05) is 0 Å². The molecule has 0 rings (SSSR count). The van der Waals surface area contributed by atoms with E-state index in [0.29, 0.717) is 7.05 Å². The summed E-state index contributed by atoms with van der Waals surface area (Å²) in [6.45, 7) is -5.07. The molecule has 0 saturated heterocycles. The van der Waals surface area contributed by atoms with Gasteiger partial charge in [0.2, 0.25) is 0 Å². The number of hydrogen-bond acceptors (Lipinski definition) is 4. The zero-order valence-corrected chi connectivity index (χ0v) is 11.0. The van der Waals surface area contributed by atoms with Gasteiger partial charge >= 0.3 is 17.1 Å². The van der Waals surface area contributed by atoms with E-state index in [0.717, 1.165) is 0 Å². The van der Waals surface area contributed by atoms with E-state index in [-0.39, 0.29) is 4.31 Å². The van der Waals surface area contributed by atoms with Crippen molar-refractivity contribution >= 4 is 16.0 Å². The number of carboxylic acids is 1. The molecular formula is C8H12F5NO5S. The average Bonchev–Trinajstić information content (AvgIpc) is 2.33. The molecule has 120 valence electrons. The fraction of sp³-hybridized carbons (Fsp3) is 0.875. The van der Waals surface area contributed by atoms with Crippen molar-refractivity contribution in [1.82, 2.24) is 4.31 Å². The van der Waals surface area contributed by atoms with Crippen LogP contribution in [0.2, 0.25) is 0 Å². The second-order valence-electron chi connectivity index (χ2n) is 3.63. The number of rotatable bonds is 9. The van der Waals surface area contributed by atoms with Gasteiger partial charge in [0.1, 0.15) is 6.61 Å². The number of nitrogens with zero attached hydrogens (tertiary/aromatic N) is 1. The van der Waals surface area contributed by atoms with E-state index < -0.39 is 53.6 Å². The molecule has 0 aliphatic heterocycles. The summed E-state index contributed by atoms with van der Waals surface area (Å²) < 4.78 is 90.1. The quantitative estimate of drug-likeness (QED) is 0.493. The highest BCUT2D eigenvalue weighted by molar-refractivity contribution is 7.90. The van der Waals surface area contributed by atoms with Gasteiger partial charge in [-0.25, -0.2) is 17.6 Å². The van der Waals surface area contributed by atoms with E-state index in [9.17, 15) is 35.2 Å². The Bertz CT molecular complexity index is 441. The molecule has 0 fully saturated rings. The van der Waals surface area contributed by atoms with Crippen LogP contribution in [0.25, 0.3) is 0 Å². The molecule has 0 aromatic rings. The Hall–Kier alpha value is -1.01. The van der Waals surface area contributed by atoms with Gasteiger partial charge in [0.05, 0.1) is 6.61 Å². The van der Waals surface area contributed by atoms with Crippen molar-refractivity contribution in [3.05, 3.63) is 0 Å². The fourth-order valence-corrected chi connectivity index (χ4v) is 2.07. The number of carboxylic acid groups (broad SMARTS) is 1. The average molecular weight is 329 g/mol. The minimum atomic E-state index is -5.83. The van der Waals surface area contributed by atoms with Crippen molar-refractivity contribution in [3.8, 4) is 0 Å². The maximum Gasteiger partial charge on any atom is 0.423 e. The minimum Gasteiger partial charge on any atom is -0.480 e. The lowest BCUT2D eigenvalue weighted by Crippen LogP contribution is -2.54. The molecule has 1 N–H and O–H groups in total. The van der Waals surface area contributed by atoms with Crippen molar-refractivity contribution in [2.45, 2.75) is 11.2 Å². The Morgan fingerprint density at radius 1 is 1.30 bits per heavy atom. The molecule has 0 heterocycles. The van der Waals surface area contributed by atoms with Gasteiger partial charge in [-0.1, -0.05) is 0 Å². The molecule has 12 heteroatoms. The first-order valence-corrected chi connectivity index (χ1v) is 6.41. The van der Waals surface area contributed by atoms with Crippen molar-refractivity contribution < 1.29 is 45.0 Å². The molecule has 0 bridgehead atoms. The van der Waals surface area contributed by atoms with Crippen molar-refractivity contribution in [2.75, 3.05) is 33.5 Å². The molecule has 0 spiro atoms. The molecule has 0 saturated carbocycles. The lowest BCUT2D eigenvalue weighted by Gasteiger charge is -2.28. The van der Waals surface area contributed by atoms with Crippen LogP contribution in [0, 0.1) is 0 Å². The van der Waals surface area contributed by atoms with Crippen molar-refractivity contribution in [1.29, 1.82) is 0 Å². The molecule has 0 amide bonds. The van der Waals surface area contributed by atoms with E-state index in [4.69, 9.17) is 5.11 Å². The maximum atomic E-state index is 13.1. The molecule has 6 nitrogen and oxygen atoms in total. The van der Waals surface area contributed by atoms with Crippen LogP contribution in [-0.4, -0.2) is 68.5 Å². The predicted octanol–water partition coefficient (Wildman–Crippen LogP) is 0.547. The van der Waals surface area contributed by atoms with Crippen LogP contribution >= 0.6 is 0 Å². The second-order valence-corrected chi connectivity index (χ2v) is 5.71. The predicted molar refractivity (Wildman–Crippen MR) is 55.9 cm³/mol. The van der Waals surface area contributed by atoms with E-state index >= 15 is 0 Å². The summed E-state index contributed by atoms with van der Waals surface area (Å²) in [6, 6.07) is 0. The normalized spacial score (nSPS) is 13.8. The smallest absolute Gasteiger partial charge is 0.423 e. The van der Waals surface area contributed by atoms with E-state index in [1.165, 1.54) is 0 Å². The molecule has 0 radical (unpaired) electrons. The van der Waals surface area contributed by atoms with Crippen LogP contribution < -0.4 is 0 Å². The number of ether oxygens (including phenoxy) is 1. The van der Waals surface area contributed by atoms with Gasteiger partial charge < -0.3 is 9.84 Å². The van der Waals surface area contributed by atoms with Crippen molar-refractivity contribution in [3.63, 3.8) is 0 Å². The third kappa shape index (κ3) is 3.99. The van der Waals surface area contributed by atoms with Crippen LogP contribution in [0.4, 0.5) is 22.0 Å². The van der Waals surface area contributed by atoms with Crippen LogP contribution in [-0.2, 0) is 19.6 Å². The number of carbonyl (C=O) groups is 1. The first-order valence-electron chi connectivity index (χ1n) is 4.97. The summed E-state index contributed by atoms with van der Waals surface area (Å²) in [4.78, 5) is 10.1. The topological polar surface area (TPSA) is 83.9 Å². The third-order valence-corrected chi connectivity index (χ3v) is 4.05. The largest absolute Gasteiger partial charge is 0.480 e. The zero-order valence-electron chi connectivity index (χ0n) is 10.2. The van der Waals surface area contributed by atoms with Gasteiger partial charge in [-0.15, -0.1) is 0 Å². The second kappa shape index (κ2) is 6.63. The lowest BCUT2D eigenvalue weighted by molar-refractivity contribution is -0.167. The summed E-state index contributed by atoms with van der Waals surface area (Å²) in [5, 5.41) is 2.56. The molecule has 0 atom stereocenters. The highest BCUT2D eigenvalue weighted by atomic mass is 32.2. The van der Waals surface area contributed by atoms with Crippen LogP contribution in [0.1, 0.15) is 0 Å². The van der Waals surface area contributed by atoms with Gasteiger partial charge in [-0.2, -0.15) is 21.9 Å². The number of aliphatic carboxylic acids is 1. The van der Waals surface area contributed by atoms with E-state index in [1.54, 1.807) is 0 Å². The SMILES string of the molecule is CN(CCOCC(=O)O)S(=O)(=O)C(F)(F)C(F)(F)CF. The van der Waals surface area contributed by atoms with Gasteiger partial charge in [0.25, 0.3) is 10.0 Å². The summed E-state index contributed by atoms with van der Waals surface area (Å²) in [5.74, 6) is -6.76. The maximum absolute atomic E-state index is 13.1. The monoisotopic (exact) mass is 329 g/mol. The molecule has 0 aliphatic rings. The molecule has 20 heavy (non-hydrogen) atoms. The molecule has 0 aliphatic carbocycles. The summed E-state index contributed by atoms with van der Waals surface area (Å²) >= 11 is 0. The highest BCUT2D eigenvalue weighted by Crippen LogP contribution is 2.40. The number of alkyl halides is 5. The number of halogens is 5. The number of hydrogen-bond donors (Lipinski definition) is 1. The first-order chi connectivity index (χ1) is 8.90. The first kappa shape index (κ1) is 19.0. The van der Waals surface area contributed by atoms with Crippen LogP contribution in [0.3, 0.4) is 0 Å². The van der Waals surface area contributed by atoms with Gasteiger partial charge in [-0.3, -0.25) is 0 Å². The minimum absolute atomic E-state index is 0.154. The Morgan fingerprint density at radius 3 is 2.20 bits per heavy atom. The molecule has 0 unspecified atom stereocenters. The number of sulfonamides is 1. The summed E-state index contributed by atoms with van der Waals surface area (Å²) in [7, 11) is -5.27. The Balaban J connectivity index is 4.83. The zero-order chi connectivity index (χ0) is 16.2. The lowest BCUT2D eigenvalue weighted by atomic mass is 10.4. The van der Waals surface area contributed by atoms with Crippen molar-refractivity contribution in [2.24, 2.45) is 0 Å². The Labute approximate surface area is 111 Å². The molecular weight excluding hydrogens is 317 g/mol. The number of likely N-dealkylation sites (N-methyl/N-ethyl adjacent to an activating group) is 1. The van der Waals surface area contributed by atoms with E-state index in [2.05, 4.69) is 4.74 Å². The Kier molecular flexibility index (Phi) is 6.29.